The van der Waals surface area contributed by atoms with Crippen molar-refractivity contribution in [2.24, 2.45) is 0 Å². The average Bonchev–Trinajstić information content (AvgIpc) is 3.53. The minimum atomic E-state index is -0.865. The maximum Gasteiger partial charge on any atom is 0.408 e. The van der Waals surface area contributed by atoms with Crippen molar-refractivity contribution in [3.05, 3.63) is 188 Å². The molecule has 1 aliphatic rings. The Morgan fingerprint density at radius 3 is 0.987 bits per heavy atom. The number of carbonyl (C=O) groups excluding carboxylic acids is 4. The predicted octanol–water partition coefficient (Wildman–Crippen LogP) is 11.4. The minimum absolute atomic E-state index is 0.0847. The van der Waals surface area contributed by atoms with Crippen LogP contribution >= 0.6 is 0 Å². The summed E-state index contributed by atoms with van der Waals surface area (Å²) in [6.07, 6.45) is 3.61. The lowest BCUT2D eigenvalue weighted by atomic mass is 9.89. The molecule has 0 aromatic heterocycles. The average molecular weight is 1060 g/mol. The van der Waals surface area contributed by atoms with Gasteiger partial charge in [0.25, 0.3) is 0 Å². The molecule has 0 saturated carbocycles. The molecule has 0 heterocycles. The van der Waals surface area contributed by atoms with Crippen LogP contribution in [0.15, 0.2) is 121 Å². The van der Waals surface area contributed by atoms with Crippen LogP contribution in [0, 0.1) is 0 Å². The van der Waals surface area contributed by atoms with Crippen molar-refractivity contribution in [3.8, 4) is 23.0 Å². The van der Waals surface area contributed by atoms with E-state index in [1.807, 2.05) is 60.7 Å². The highest BCUT2D eigenvalue weighted by Gasteiger charge is 2.25. The quantitative estimate of drug-likeness (QED) is 0.0456. The maximum atomic E-state index is 13.6. The number of para-hydroxylation sites is 2. The van der Waals surface area contributed by atoms with Gasteiger partial charge in [-0.1, -0.05) is 125 Å². The molecule has 412 valence electrons. The number of carbonyl (C=O) groups is 4. The topological polar surface area (TPSA) is 172 Å². The molecule has 1 aliphatic carbocycles. The fourth-order valence-electron chi connectivity index (χ4n) is 9.29. The molecule has 2 unspecified atom stereocenters. The van der Waals surface area contributed by atoms with Gasteiger partial charge in [-0.05, 0) is 131 Å². The molecular weight excluding hydrogens is 985 g/mol. The lowest BCUT2D eigenvalue weighted by Crippen LogP contribution is -2.44. The van der Waals surface area contributed by atoms with Crippen molar-refractivity contribution in [3.63, 3.8) is 0 Å². The van der Waals surface area contributed by atoms with Crippen molar-refractivity contribution >= 4 is 24.0 Å². The van der Waals surface area contributed by atoms with Crippen LogP contribution in [-0.4, -0.2) is 62.5 Å². The largest absolute Gasteiger partial charge is 0.493 e. The van der Waals surface area contributed by atoms with E-state index >= 15 is 0 Å². The van der Waals surface area contributed by atoms with Crippen molar-refractivity contribution in [1.82, 2.24) is 21.3 Å². The Hall–Kier alpha value is -8.00. The molecule has 6 aromatic rings. The number of rotatable bonds is 24. The summed E-state index contributed by atoms with van der Waals surface area (Å²) in [6, 6.07) is 37.9. The van der Waals surface area contributed by atoms with E-state index in [9.17, 15) is 19.2 Å². The molecule has 0 fully saturated rings. The highest BCUT2D eigenvalue weighted by Crippen LogP contribution is 2.40. The summed E-state index contributed by atoms with van der Waals surface area (Å²) in [6.45, 7) is 14.1. The lowest BCUT2D eigenvalue weighted by Gasteiger charge is -2.24. The molecule has 0 aliphatic heterocycles. The molecule has 4 amide bonds. The van der Waals surface area contributed by atoms with Crippen LogP contribution in [0.4, 0.5) is 9.59 Å². The maximum absolute atomic E-state index is 13.6. The van der Waals surface area contributed by atoms with Crippen LogP contribution in [0.5, 0.6) is 23.0 Å². The van der Waals surface area contributed by atoms with Gasteiger partial charge in [0, 0.05) is 38.8 Å². The Kier molecular flexibility index (Phi) is 21.8. The van der Waals surface area contributed by atoms with Crippen molar-refractivity contribution in [1.29, 1.82) is 0 Å². The van der Waals surface area contributed by atoms with Gasteiger partial charge >= 0.3 is 12.2 Å². The summed E-state index contributed by atoms with van der Waals surface area (Å²) in [5.41, 5.74) is 11.0. The van der Waals surface area contributed by atoms with E-state index < -0.39 is 24.3 Å². The van der Waals surface area contributed by atoms with Crippen molar-refractivity contribution < 1.29 is 47.6 Å². The third-order valence-electron chi connectivity index (χ3n) is 13.1. The van der Waals surface area contributed by atoms with Gasteiger partial charge in [-0.15, -0.1) is 0 Å². The highest BCUT2D eigenvalue weighted by atomic mass is 16.6. The van der Waals surface area contributed by atoms with Gasteiger partial charge in [0.15, 0.2) is 0 Å². The number of hydrogen-bond acceptors (Lipinski definition) is 10. The van der Waals surface area contributed by atoms with Gasteiger partial charge in [-0.25, -0.2) is 9.59 Å². The second-order valence-electron chi connectivity index (χ2n) is 19.7. The first kappa shape index (κ1) is 57.7. The van der Waals surface area contributed by atoms with E-state index in [2.05, 4.69) is 110 Å². The number of fused-ring (bicyclic) bond motifs is 8. The lowest BCUT2D eigenvalue weighted by molar-refractivity contribution is -0.123. The van der Waals surface area contributed by atoms with Gasteiger partial charge in [0.1, 0.15) is 48.3 Å². The molecule has 4 N–H and O–H groups in total. The Morgan fingerprint density at radius 2 is 0.692 bits per heavy atom. The smallest absolute Gasteiger partial charge is 0.408 e. The second-order valence-corrected chi connectivity index (χ2v) is 19.7. The molecule has 0 radical (unpaired) electrons. The SMILES string of the molecule is CCCOc1c2cccc1Cc1cc(CNC(=O)C(C)NC(=O)OCc3ccccc3)cc(c1OCCC)Cc1cccc(c1OCCC)Cc1cc(CNC(=O)C(C)NC(=O)OCc3ccccc3)cc(c1OCCC)C2. The van der Waals surface area contributed by atoms with Gasteiger partial charge in [0.05, 0.1) is 26.4 Å². The monoisotopic (exact) mass is 1060 g/mol. The number of amides is 4. The zero-order chi connectivity index (χ0) is 55.2. The molecule has 7 rings (SSSR count). The summed E-state index contributed by atoms with van der Waals surface area (Å²) in [7, 11) is 0. The molecular formula is C64H76N4O10. The van der Waals surface area contributed by atoms with Gasteiger partial charge in [-0.3, -0.25) is 9.59 Å². The number of hydrogen-bond donors (Lipinski definition) is 4. The molecule has 78 heavy (non-hydrogen) atoms. The van der Waals surface area contributed by atoms with Crippen LogP contribution in [0.25, 0.3) is 0 Å². The molecule has 6 aromatic carbocycles. The fraction of sp³-hybridized carbons (Fsp3) is 0.375. The van der Waals surface area contributed by atoms with Crippen LogP contribution in [-0.2, 0) is 71.0 Å². The first-order valence-corrected chi connectivity index (χ1v) is 27.5. The number of benzene rings is 6. The number of nitrogens with one attached hydrogen (secondary N) is 4. The third-order valence-corrected chi connectivity index (χ3v) is 13.1. The van der Waals surface area contributed by atoms with Crippen LogP contribution < -0.4 is 40.2 Å². The molecule has 8 bridgehead atoms. The summed E-state index contributed by atoms with van der Waals surface area (Å²) < 4.78 is 37.8. The highest BCUT2D eigenvalue weighted by molar-refractivity contribution is 5.86. The van der Waals surface area contributed by atoms with E-state index in [-0.39, 0.29) is 38.1 Å². The molecule has 2 atom stereocenters. The number of alkyl carbamates (subject to hydrolysis) is 2. The summed E-state index contributed by atoms with van der Waals surface area (Å²) >= 11 is 0. The van der Waals surface area contributed by atoms with E-state index in [0.717, 1.165) is 115 Å². The summed E-state index contributed by atoms with van der Waals surface area (Å²) in [4.78, 5) is 52.7. The van der Waals surface area contributed by atoms with Crippen LogP contribution in [0.1, 0.15) is 134 Å². The van der Waals surface area contributed by atoms with E-state index in [4.69, 9.17) is 28.4 Å². The minimum Gasteiger partial charge on any atom is -0.493 e. The van der Waals surface area contributed by atoms with Crippen molar-refractivity contribution in [2.45, 2.75) is 131 Å². The van der Waals surface area contributed by atoms with Crippen LogP contribution in [0.3, 0.4) is 0 Å². The van der Waals surface area contributed by atoms with Crippen LogP contribution in [0.2, 0.25) is 0 Å². The van der Waals surface area contributed by atoms with Crippen molar-refractivity contribution in [2.75, 3.05) is 26.4 Å². The zero-order valence-electron chi connectivity index (χ0n) is 46.1. The fourth-order valence-corrected chi connectivity index (χ4v) is 9.29. The second kappa shape index (κ2) is 29.5. The zero-order valence-corrected chi connectivity index (χ0v) is 46.1. The third kappa shape index (κ3) is 16.5. The van der Waals surface area contributed by atoms with Gasteiger partial charge in [0.2, 0.25) is 11.8 Å². The Bertz CT molecular complexity index is 2660. The predicted molar refractivity (Wildman–Crippen MR) is 302 cm³/mol. The summed E-state index contributed by atoms with van der Waals surface area (Å²) in [5.74, 6) is 2.37. The standard InChI is InChI=1S/C64H76N4O10/c1-7-27-73-57-49-23-17-24-50(57)36-54-32-48(40-66-62(70)44(6)68-64(72)78-42-46-21-15-12-16-22-46)34-56(60(54)76-30-10-4)38-52-26-18-25-51(58(52)74-28-8-2)37-55-33-47(31-53(35-49)59(55)75-29-9-3)39-65-61(69)43(5)67-63(71)77-41-45-19-13-11-14-20-45/h11-26,31-34,43-44H,7-10,27-30,35-42H2,1-6H3,(H,65,69)(H,66,70)(H,67,71)(H,68,72). The molecule has 0 spiro atoms. The number of ether oxygens (including phenoxy) is 6. The van der Waals surface area contributed by atoms with Gasteiger partial charge in [-0.2, -0.15) is 0 Å². The normalized spacial score (nSPS) is 12.5. The van der Waals surface area contributed by atoms with E-state index in [1.54, 1.807) is 13.8 Å². The Labute approximate surface area is 459 Å². The summed E-state index contributed by atoms with van der Waals surface area (Å²) in [5, 5.41) is 11.5. The first-order chi connectivity index (χ1) is 38.0. The van der Waals surface area contributed by atoms with Gasteiger partial charge < -0.3 is 49.7 Å². The molecule has 14 nitrogen and oxygen atoms in total. The molecule has 0 saturated heterocycles. The molecule has 14 heteroatoms. The van der Waals surface area contributed by atoms with E-state index in [0.29, 0.717) is 52.1 Å². The Balaban J connectivity index is 1.26. The first-order valence-electron chi connectivity index (χ1n) is 27.5. The Morgan fingerprint density at radius 1 is 0.397 bits per heavy atom. The van der Waals surface area contributed by atoms with E-state index in [1.165, 1.54) is 0 Å².